The predicted molar refractivity (Wildman–Crippen MR) is 81.3 cm³/mol. The van der Waals surface area contributed by atoms with E-state index in [1.165, 1.54) is 0 Å². The second-order valence-corrected chi connectivity index (χ2v) is 6.92. The molecule has 1 aromatic carbocycles. The molecule has 0 fully saturated rings. The number of halogens is 4. The first-order valence-corrected chi connectivity index (χ1v) is 7.94. The molecule has 0 bridgehead atoms. The Kier molecular flexibility index (Phi) is 7.84. The summed E-state index contributed by atoms with van der Waals surface area (Å²) in [6.45, 7) is 3.89. The molecule has 0 aliphatic heterocycles. The zero-order chi connectivity index (χ0) is 16.3. The molecule has 0 aliphatic carbocycles. The van der Waals surface area contributed by atoms with Crippen LogP contribution in [0.1, 0.15) is 25.8 Å². The van der Waals surface area contributed by atoms with Crippen molar-refractivity contribution >= 4 is 22.4 Å². The highest BCUT2D eigenvalue weighted by Gasteiger charge is 2.32. The Morgan fingerprint density at radius 1 is 1.27 bits per heavy atom. The molecule has 128 valence electrons. The summed E-state index contributed by atoms with van der Waals surface area (Å²) in [7, 11) is -4.03. The van der Waals surface area contributed by atoms with Gasteiger partial charge in [0, 0.05) is 12.6 Å². The van der Waals surface area contributed by atoms with E-state index in [9.17, 15) is 21.6 Å². The van der Waals surface area contributed by atoms with Crippen LogP contribution in [0.15, 0.2) is 29.2 Å². The smallest absolute Gasteiger partial charge is 0.329 e. The molecule has 0 saturated carbocycles. The molecule has 0 aliphatic rings. The summed E-state index contributed by atoms with van der Waals surface area (Å²) in [5.41, 5.74) is 4.50. The normalized spacial score (nSPS) is 13.8. The van der Waals surface area contributed by atoms with Gasteiger partial charge in [-0.1, -0.05) is 19.9 Å². The predicted octanol–water partition coefficient (Wildman–Crippen LogP) is 2.78. The second-order valence-electron chi connectivity index (χ2n) is 5.21. The van der Waals surface area contributed by atoms with Crippen molar-refractivity contribution in [1.29, 1.82) is 0 Å². The lowest BCUT2D eigenvalue weighted by molar-refractivity contribution is -0.137. The maximum absolute atomic E-state index is 12.6. The van der Waals surface area contributed by atoms with Crippen LogP contribution >= 0.6 is 12.4 Å². The Morgan fingerprint density at radius 3 is 2.32 bits per heavy atom. The van der Waals surface area contributed by atoms with E-state index >= 15 is 0 Å². The van der Waals surface area contributed by atoms with E-state index in [4.69, 9.17) is 5.73 Å². The highest BCUT2D eigenvalue weighted by Crippen LogP contribution is 2.30. The van der Waals surface area contributed by atoms with Crippen LogP contribution in [-0.4, -0.2) is 21.0 Å². The summed E-state index contributed by atoms with van der Waals surface area (Å²) in [5, 5.41) is 0. The molecular formula is C13H20ClF3N2O2S. The van der Waals surface area contributed by atoms with Crippen molar-refractivity contribution in [2.24, 2.45) is 11.7 Å². The summed E-state index contributed by atoms with van der Waals surface area (Å²) in [4.78, 5) is -0.417. The highest BCUT2D eigenvalue weighted by molar-refractivity contribution is 7.89. The van der Waals surface area contributed by atoms with Crippen LogP contribution in [0.4, 0.5) is 13.2 Å². The van der Waals surface area contributed by atoms with Gasteiger partial charge >= 0.3 is 6.18 Å². The van der Waals surface area contributed by atoms with Crippen LogP contribution in [0.2, 0.25) is 0 Å². The fourth-order valence-corrected chi connectivity index (χ4v) is 3.20. The molecule has 0 amide bonds. The minimum atomic E-state index is -4.59. The number of nitrogens with one attached hydrogen (secondary N) is 1. The minimum absolute atomic E-state index is 0. The monoisotopic (exact) mass is 360 g/mol. The molecule has 1 rings (SSSR count). The molecule has 1 aromatic rings. The molecule has 0 heterocycles. The maximum Gasteiger partial charge on any atom is 0.416 e. The summed E-state index contributed by atoms with van der Waals surface area (Å²) >= 11 is 0. The Hall–Kier alpha value is -0.830. The number of nitrogens with two attached hydrogens (primary N) is 1. The third-order valence-corrected chi connectivity index (χ3v) is 4.35. The van der Waals surface area contributed by atoms with Gasteiger partial charge in [-0.25, -0.2) is 13.1 Å². The van der Waals surface area contributed by atoms with E-state index in [1.54, 1.807) is 0 Å². The van der Waals surface area contributed by atoms with Crippen LogP contribution in [-0.2, 0) is 16.2 Å². The van der Waals surface area contributed by atoms with Gasteiger partial charge in [0.05, 0.1) is 10.5 Å². The zero-order valence-electron chi connectivity index (χ0n) is 12.2. The average molecular weight is 361 g/mol. The van der Waals surface area contributed by atoms with Crippen LogP contribution in [0.3, 0.4) is 0 Å². The van der Waals surface area contributed by atoms with Crippen molar-refractivity contribution in [2.45, 2.75) is 37.4 Å². The highest BCUT2D eigenvalue weighted by atomic mass is 35.5. The number of hydrogen-bond acceptors (Lipinski definition) is 3. The van der Waals surface area contributed by atoms with Gasteiger partial charge in [-0.15, -0.1) is 12.4 Å². The molecule has 4 nitrogen and oxygen atoms in total. The molecule has 9 heteroatoms. The molecule has 0 aromatic heterocycles. The van der Waals surface area contributed by atoms with Gasteiger partial charge in [-0.3, -0.25) is 0 Å². The van der Waals surface area contributed by atoms with Crippen molar-refractivity contribution in [3.63, 3.8) is 0 Å². The molecule has 3 N–H and O–H groups in total. The van der Waals surface area contributed by atoms with Crippen molar-refractivity contribution < 1.29 is 21.6 Å². The standard InChI is InChI=1S/C13H19F3N2O2S.ClH/c1-9(2)6-11(8-17)18-21(19,20)12-5-3-4-10(7-12)13(14,15)16;/h3-5,7,9,11,18H,6,8,17H2,1-2H3;1H. The Balaban J connectivity index is 0.00000441. The fourth-order valence-electron chi connectivity index (χ4n) is 1.89. The summed E-state index contributed by atoms with van der Waals surface area (Å²) in [6, 6.07) is 3.13. The number of hydrogen-bond donors (Lipinski definition) is 2. The van der Waals surface area contributed by atoms with E-state index in [-0.39, 0.29) is 24.9 Å². The average Bonchev–Trinajstić information content (AvgIpc) is 2.36. The van der Waals surface area contributed by atoms with Crippen molar-refractivity contribution in [2.75, 3.05) is 6.54 Å². The van der Waals surface area contributed by atoms with Gasteiger partial charge in [0.1, 0.15) is 0 Å². The minimum Gasteiger partial charge on any atom is -0.329 e. The molecule has 1 atom stereocenters. The van der Waals surface area contributed by atoms with Gasteiger partial charge in [-0.05, 0) is 30.5 Å². The summed E-state index contributed by atoms with van der Waals surface area (Å²) in [6.07, 6.45) is -4.08. The summed E-state index contributed by atoms with van der Waals surface area (Å²) in [5.74, 6) is 0.211. The Bertz CT molecular complexity index is 577. The zero-order valence-corrected chi connectivity index (χ0v) is 13.9. The number of sulfonamides is 1. The largest absolute Gasteiger partial charge is 0.416 e. The van der Waals surface area contributed by atoms with E-state index in [2.05, 4.69) is 4.72 Å². The van der Waals surface area contributed by atoms with Crippen LogP contribution < -0.4 is 10.5 Å². The molecule has 0 radical (unpaired) electrons. The van der Waals surface area contributed by atoms with Crippen molar-refractivity contribution in [1.82, 2.24) is 4.72 Å². The van der Waals surface area contributed by atoms with Crippen LogP contribution in [0.25, 0.3) is 0 Å². The number of rotatable bonds is 6. The topological polar surface area (TPSA) is 72.2 Å². The van der Waals surface area contributed by atoms with Crippen LogP contribution in [0.5, 0.6) is 0 Å². The molecule has 22 heavy (non-hydrogen) atoms. The van der Waals surface area contributed by atoms with Crippen molar-refractivity contribution in [3.05, 3.63) is 29.8 Å². The van der Waals surface area contributed by atoms with Gasteiger partial charge in [0.25, 0.3) is 0 Å². The first kappa shape index (κ1) is 21.2. The third-order valence-electron chi connectivity index (χ3n) is 2.83. The molecule has 0 spiro atoms. The molecule has 1 unspecified atom stereocenters. The van der Waals surface area contributed by atoms with Gasteiger partial charge in [0.15, 0.2) is 0 Å². The Labute approximate surface area is 134 Å². The number of alkyl halides is 3. The van der Waals surface area contributed by atoms with E-state index in [0.717, 1.165) is 18.2 Å². The molecular weight excluding hydrogens is 341 g/mol. The SMILES string of the molecule is CC(C)CC(CN)NS(=O)(=O)c1cccc(C(F)(F)F)c1.Cl. The van der Waals surface area contributed by atoms with Gasteiger partial charge in [0.2, 0.25) is 10.0 Å². The van der Waals surface area contributed by atoms with E-state index in [0.29, 0.717) is 12.5 Å². The van der Waals surface area contributed by atoms with E-state index < -0.39 is 32.7 Å². The first-order valence-electron chi connectivity index (χ1n) is 6.46. The number of benzene rings is 1. The Morgan fingerprint density at radius 2 is 1.86 bits per heavy atom. The lowest BCUT2D eigenvalue weighted by atomic mass is 10.1. The second kappa shape index (κ2) is 8.14. The lowest BCUT2D eigenvalue weighted by Crippen LogP contribution is -2.41. The maximum atomic E-state index is 12.6. The third kappa shape index (κ3) is 6.12. The summed E-state index contributed by atoms with van der Waals surface area (Å²) < 4.78 is 64.5. The van der Waals surface area contributed by atoms with Gasteiger partial charge in [-0.2, -0.15) is 13.2 Å². The van der Waals surface area contributed by atoms with Crippen LogP contribution in [0, 0.1) is 5.92 Å². The lowest BCUT2D eigenvalue weighted by Gasteiger charge is -2.19. The fraction of sp³-hybridized carbons (Fsp3) is 0.538. The quantitative estimate of drug-likeness (QED) is 0.819. The van der Waals surface area contributed by atoms with E-state index in [1.807, 2.05) is 13.8 Å². The van der Waals surface area contributed by atoms with Crippen molar-refractivity contribution in [3.8, 4) is 0 Å². The first-order chi connectivity index (χ1) is 9.56. The van der Waals surface area contributed by atoms with Gasteiger partial charge < -0.3 is 5.73 Å². The molecule has 0 saturated heterocycles.